The predicted octanol–water partition coefficient (Wildman–Crippen LogP) is 2.37. The van der Waals surface area contributed by atoms with Gasteiger partial charge >= 0.3 is 6.18 Å². The van der Waals surface area contributed by atoms with E-state index in [1.165, 1.54) is 0 Å². The number of allylic oxidation sites excluding steroid dienone is 2. The largest absolute Gasteiger partial charge is 0.397 e. The van der Waals surface area contributed by atoms with Gasteiger partial charge in [0.05, 0.1) is 12.0 Å². The molecule has 0 spiro atoms. The summed E-state index contributed by atoms with van der Waals surface area (Å²) >= 11 is 0. The Labute approximate surface area is 86.0 Å². The van der Waals surface area contributed by atoms with Crippen LogP contribution in [0, 0.1) is 29.1 Å². The molecule has 84 valence electrons. The van der Waals surface area contributed by atoms with E-state index in [1.54, 1.807) is 0 Å². The van der Waals surface area contributed by atoms with Crippen molar-refractivity contribution in [3.05, 3.63) is 12.2 Å². The molecule has 3 aliphatic carbocycles. The van der Waals surface area contributed by atoms with E-state index in [-0.39, 0.29) is 24.2 Å². The highest BCUT2D eigenvalue weighted by Crippen LogP contribution is 2.70. The number of rotatable bonds is 1. The summed E-state index contributed by atoms with van der Waals surface area (Å²) in [6.45, 7) is -0.741. The molecule has 0 heterocycles. The quantitative estimate of drug-likeness (QED) is 0.670. The fourth-order valence-corrected chi connectivity index (χ4v) is 3.98. The van der Waals surface area contributed by atoms with Crippen LogP contribution in [0.1, 0.15) is 12.8 Å². The molecule has 0 aromatic heterocycles. The standard InChI is InChI=1S/C11H13F3O/c12-11(13,14)10(5-15)4-8-6-1-2-7(3-6)9(8)10/h1-2,6-9,15H,3-5H2. The van der Waals surface area contributed by atoms with Gasteiger partial charge in [-0.3, -0.25) is 0 Å². The maximum atomic E-state index is 12.9. The molecule has 4 heteroatoms. The maximum absolute atomic E-state index is 12.9. The normalized spacial score (nSPS) is 51.7. The molecule has 0 radical (unpaired) electrons. The van der Waals surface area contributed by atoms with Crippen LogP contribution in [0.4, 0.5) is 13.2 Å². The molecule has 0 saturated heterocycles. The third-order valence-corrected chi connectivity index (χ3v) is 4.71. The second-order valence-corrected chi connectivity index (χ2v) is 5.15. The smallest absolute Gasteiger partial charge is 0.395 e. The highest BCUT2D eigenvalue weighted by atomic mass is 19.4. The van der Waals surface area contributed by atoms with Crippen LogP contribution in [0.25, 0.3) is 0 Å². The Kier molecular flexibility index (Phi) is 1.68. The molecule has 0 aromatic carbocycles. The van der Waals surface area contributed by atoms with Crippen molar-refractivity contribution in [1.29, 1.82) is 0 Å². The molecule has 0 aliphatic heterocycles. The van der Waals surface area contributed by atoms with Gasteiger partial charge in [0.1, 0.15) is 0 Å². The van der Waals surface area contributed by atoms with Gasteiger partial charge in [-0.2, -0.15) is 13.2 Å². The van der Waals surface area contributed by atoms with Crippen LogP contribution >= 0.6 is 0 Å². The Morgan fingerprint density at radius 1 is 1.27 bits per heavy atom. The fraction of sp³-hybridized carbons (Fsp3) is 0.818. The van der Waals surface area contributed by atoms with E-state index in [9.17, 15) is 13.2 Å². The minimum absolute atomic E-state index is 0.0579. The van der Waals surface area contributed by atoms with Crippen LogP contribution in [0.3, 0.4) is 0 Å². The molecule has 0 amide bonds. The van der Waals surface area contributed by atoms with E-state index >= 15 is 0 Å². The molecule has 2 bridgehead atoms. The molecule has 15 heavy (non-hydrogen) atoms. The molecule has 3 aliphatic rings. The van der Waals surface area contributed by atoms with Gasteiger partial charge in [0, 0.05) is 0 Å². The number of halogens is 3. The lowest BCUT2D eigenvalue weighted by atomic mass is 9.50. The van der Waals surface area contributed by atoms with Crippen molar-refractivity contribution >= 4 is 0 Å². The van der Waals surface area contributed by atoms with Crippen molar-refractivity contribution in [3.63, 3.8) is 0 Å². The lowest BCUT2D eigenvalue weighted by Gasteiger charge is -2.55. The van der Waals surface area contributed by atoms with Gasteiger partial charge < -0.3 is 5.11 Å². The summed E-state index contributed by atoms with van der Waals surface area (Å²) in [6.07, 6.45) is 0.724. The van der Waals surface area contributed by atoms with Crippen molar-refractivity contribution in [3.8, 4) is 0 Å². The first-order chi connectivity index (χ1) is 6.99. The van der Waals surface area contributed by atoms with E-state index in [4.69, 9.17) is 5.11 Å². The topological polar surface area (TPSA) is 20.2 Å². The van der Waals surface area contributed by atoms with Crippen molar-refractivity contribution in [2.24, 2.45) is 29.1 Å². The highest BCUT2D eigenvalue weighted by molar-refractivity contribution is 5.23. The molecule has 2 fully saturated rings. The van der Waals surface area contributed by atoms with Gasteiger partial charge in [-0.15, -0.1) is 0 Å². The lowest BCUT2D eigenvalue weighted by molar-refractivity contribution is -0.305. The molecule has 0 aromatic rings. The van der Waals surface area contributed by atoms with E-state index in [0.717, 1.165) is 6.42 Å². The Balaban J connectivity index is 1.94. The highest BCUT2D eigenvalue weighted by Gasteiger charge is 2.72. The van der Waals surface area contributed by atoms with Crippen LogP contribution < -0.4 is 0 Å². The van der Waals surface area contributed by atoms with E-state index in [2.05, 4.69) is 6.08 Å². The van der Waals surface area contributed by atoms with Gasteiger partial charge in [0.15, 0.2) is 0 Å². The molecule has 2 saturated carbocycles. The molecule has 5 unspecified atom stereocenters. The van der Waals surface area contributed by atoms with Gasteiger partial charge in [-0.1, -0.05) is 12.2 Å². The van der Waals surface area contributed by atoms with Crippen LogP contribution in [-0.4, -0.2) is 17.9 Å². The first kappa shape index (κ1) is 9.70. The van der Waals surface area contributed by atoms with Crippen molar-refractivity contribution < 1.29 is 18.3 Å². The zero-order chi connectivity index (χ0) is 10.8. The second kappa shape index (κ2) is 2.59. The third kappa shape index (κ3) is 0.942. The summed E-state index contributed by atoms with van der Waals surface area (Å²) in [5, 5.41) is 9.10. The van der Waals surface area contributed by atoms with Crippen molar-refractivity contribution in [2.75, 3.05) is 6.61 Å². The van der Waals surface area contributed by atoms with E-state index in [1.807, 2.05) is 6.08 Å². The zero-order valence-corrected chi connectivity index (χ0v) is 8.17. The minimum atomic E-state index is -4.25. The van der Waals surface area contributed by atoms with Gasteiger partial charge in [0.25, 0.3) is 0 Å². The minimum Gasteiger partial charge on any atom is -0.395 e. The number of hydrogen-bond donors (Lipinski definition) is 1. The molecular formula is C11H13F3O. The van der Waals surface area contributed by atoms with Gasteiger partial charge in [0.2, 0.25) is 0 Å². The van der Waals surface area contributed by atoms with Gasteiger partial charge in [-0.25, -0.2) is 0 Å². The first-order valence-corrected chi connectivity index (χ1v) is 5.35. The van der Waals surface area contributed by atoms with E-state index < -0.39 is 18.2 Å². The Morgan fingerprint density at radius 2 is 1.93 bits per heavy atom. The van der Waals surface area contributed by atoms with Crippen LogP contribution in [0.2, 0.25) is 0 Å². The maximum Gasteiger partial charge on any atom is 0.397 e. The van der Waals surface area contributed by atoms with E-state index in [0.29, 0.717) is 5.92 Å². The second-order valence-electron chi connectivity index (χ2n) is 5.15. The lowest BCUT2D eigenvalue weighted by Crippen LogP contribution is -2.60. The molecular weight excluding hydrogens is 205 g/mol. The first-order valence-electron chi connectivity index (χ1n) is 5.35. The Hall–Kier alpha value is -0.510. The van der Waals surface area contributed by atoms with Crippen LogP contribution in [0.15, 0.2) is 12.2 Å². The molecule has 1 nitrogen and oxygen atoms in total. The summed E-state index contributed by atoms with van der Waals surface area (Å²) in [5.41, 5.74) is -1.79. The SMILES string of the molecule is OCC1(C(F)(F)F)CC2C3C=CC(C3)C21. The predicted molar refractivity (Wildman–Crippen MR) is 47.9 cm³/mol. The average Bonchev–Trinajstić information content (AvgIpc) is 2.59. The van der Waals surface area contributed by atoms with Crippen LogP contribution in [0.5, 0.6) is 0 Å². The average molecular weight is 218 g/mol. The van der Waals surface area contributed by atoms with Gasteiger partial charge in [-0.05, 0) is 36.5 Å². The number of alkyl halides is 3. The Bertz CT molecular complexity index is 322. The number of fused-ring (bicyclic) bond motifs is 5. The molecule has 3 rings (SSSR count). The fourth-order valence-electron chi connectivity index (χ4n) is 3.98. The monoisotopic (exact) mass is 218 g/mol. The summed E-state index contributed by atoms with van der Waals surface area (Å²) < 4.78 is 38.8. The summed E-state index contributed by atoms with van der Waals surface area (Å²) in [6, 6.07) is 0. The molecule has 5 atom stereocenters. The summed E-state index contributed by atoms with van der Waals surface area (Å²) in [4.78, 5) is 0. The molecule has 1 N–H and O–H groups in total. The number of aliphatic hydroxyl groups is 1. The summed E-state index contributed by atoms with van der Waals surface area (Å²) in [7, 11) is 0. The van der Waals surface area contributed by atoms with Crippen molar-refractivity contribution in [2.45, 2.75) is 19.0 Å². The Morgan fingerprint density at radius 3 is 2.47 bits per heavy atom. The number of hydrogen-bond acceptors (Lipinski definition) is 1. The van der Waals surface area contributed by atoms with Crippen molar-refractivity contribution in [1.82, 2.24) is 0 Å². The zero-order valence-electron chi connectivity index (χ0n) is 8.17. The number of aliphatic hydroxyl groups excluding tert-OH is 1. The summed E-state index contributed by atoms with van der Waals surface area (Å²) in [5.74, 6) is 0.232. The van der Waals surface area contributed by atoms with Crippen LogP contribution in [-0.2, 0) is 0 Å². The third-order valence-electron chi connectivity index (χ3n) is 4.71.